The van der Waals surface area contributed by atoms with Crippen LogP contribution in [0.25, 0.3) is 0 Å². The molecule has 0 radical (unpaired) electrons. The Morgan fingerprint density at radius 1 is 1.22 bits per heavy atom. The quantitative estimate of drug-likeness (QED) is 0.808. The van der Waals surface area contributed by atoms with Crippen LogP contribution in [0.2, 0.25) is 5.02 Å². The van der Waals surface area contributed by atoms with E-state index in [0.717, 1.165) is 21.4 Å². The van der Waals surface area contributed by atoms with Crippen LogP contribution in [0.3, 0.4) is 0 Å². The third kappa shape index (κ3) is 3.02. The largest absolute Gasteiger partial charge is 0.389 e. The van der Waals surface area contributed by atoms with E-state index in [-0.39, 0.29) is 0 Å². The second-order valence-corrected chi connectivity index (χ2v) is 5.37. The lowest BCUT2D eigenvalue weighted by atomic mass is 10.1. The third-order valence-corrected chi connectivity index (χ3v) is 3.82. The number of halogens is 2. The van der Waals surface area contributed by atoms with Crippen molar-refractivity contribution in [1.82, 2.24) is 0 Å². The summed E-state index contributed by atoms with van der Waals surface area (Å²) < 4.78 is 0.835. The monoisotopic (exact) mass is 340 g/mol. The minimum atomic E-state index is 0.367. The lowest BCUT2D eigenvalue weighted by Crippen LogP contribution is -2.11. The topological polar surface area (TPSA) is 38.0 Å². The van der Waals surface area contributed by atoms with Crippen molar-refractivity contribution in [1.29, 1.82) is 0 Å². The molecular weight excluding hydrogens is 332 g/mol. The number of rotatable bonds is 3. The summed E-state index contributed by atoms with van der Waals surface area (Å²) >= 11 is 14.4. The smallest absolute Gasteiger partial charge is 0.106 e. The van der Waals surface area contributed by atoms with Gasteiger partial charge in [-0.25, -0.2) is 0 Å². The third-order valence-electron chi connectivity index (χ3n) is 2.39. The van der Waals surface area contributed by atoms with E-state index >= 15 is 0 Å². The van der Waals surface area contributed by atoms with Crippen molar-refractivity contribution < 1.29 is 0 Å². The first-order valence-electron chi connectivity index (χ1n) is 5.19. The molecule has 0 saturated heterocycles. The van der Waals surface area contributed by atoms with Gasteiger partial charge in [-0.2, -0.15) is 0 Å². The number of para-hydroxylation sites is 1. The van der Waals surface area contributed by atoms with E-state index in [0.29, 0.717) is 10.0 Å². The van der Waals surface area contributed by atoms with Gasteiger partial charge in [0.15, 0.2) is 0 Å². The summed E-state index contributed by atoms with van der Waals surface area (Å²) in [5.41, 5.74) is 8.29. The molecule has 0 aliphatic carbocycles. The van der Waals surface area contributed by atoms with Gasteiger partial charge in [-0.05, 0) is 46.3 Å². The summed E-state index contributed by atoms with van der Waals surface area (Å²) in [5.74, 6) is 0. The standard InChI is InChI=1S/C13H10BrClN2S/c14-10-7-8(5-6-11(10)15)17-12-4-2-1-3-9(12)13(16)18/h1-7,17H,(H2,16,18). The number of hydrogen-bond acceptors (Lipinski definition) is 2. The Bertz CT molecular complexity index is 601. The highest BCUT2D eigenvalue weighted by atomic mass is 79.9. The average molecular weight is 342 g/mol. The van der Waals surface area contributed by atoms with E-state index in [4.69, 9.17) is 29.6 Å². The summed E-state index contributed by atoms with van der Waals surface area (Å²) in [4.78, 5) is 0.367. The summed E-state index contributed by atoms with van der Waals surface area (Å²) in [6.45, 7) is 0. The zero-order valence-electron chi connectivity index (χ0n) is 9.28. The van der Waals surface area contributed by atoms with Crippen LogP contribution in [0.15, 0.2) is 46.9 Å². The van der Waals surface area contributed by atoms with E-state index in [2.05, 4.69) is 21.2 Å². The molecule has 2 nitrogen and oxygen atoms in total. The maximum atomic E-state index is 5.95. The number of benzene rings is 2. The number of nitrogens with two attached hydrogens (primary N) is 1. The van der Waals surface area contributed by atoms with Gasteiger partial charge >= 0.3 is 0 Å². The van der Waals surface area contributed by atoms with Crippen LogP contribution in [0.4, 0.5) is 11.4 Å². The fourth-order valence-corrected chi connectivity index (χ4v) is 2.21. The first kappa shape index (κ1) is 13.3. The molecule has 0 amide bonds. The molecule has 0 atom stereocenters. The lowest BCUT2D eigenvalue weighted by Gasteiger charge is -2.11. The Balaban J connectivity index is 2.34. The molecule has 0 spiro atoms. The summed E-state index contributed by atoms with van der Waals surface area (Å²) in [5, 5.41) is 3.94. The van der Waals surface area contributed by atoms with Crippen LogP contribution in [0.5, 0.6) is 0 Å². The highest BCUT2D eigenvalue weighted by molar-refractivity contribution is 9.10. The molecule has 0 aliphatic rings. The lowest BCUT2D eigenvalue weighted by molar-refractivity contribution is 1.51. The van der Waals surface area contributed by atoms with Gasteiger partial charge in [-0.1, -0.05) is 36.0 Å². The fourth-order valence-electron chi connectivity index (χ4n) is 1.54. The molecule has 0 saturated carbocycles. The average Bonchev–Trinajstić information content (AvgIpc) is 2.34. The molecular formula is C13H10BrClN2S. The van der Waals surface area contributed by atoms with Crippen molar-refractivity contribution in [3.8, 4) is 0 Å². The minimum Gasteiger partial charge on any atom is -0.389 e. The Hall–Kier alpha value is -1.10. The summed E-state index contributed by atoms with van der Waals surface area (Å²) in [6.07, 6.45) is 0. The Morgan fingerprint density at radius 3 is 2.61 bits per heavy atom. The van der Waals surface area contributed by atoms with E-state index in [1.807, 2.05) is 42.5 Å². The van der Waals surface area contributed by atoms with E-state index < -0.39 is 0 Å². The van der Waals surface area contributed by atoms with Gasteiger partial charge < -0.3 is 11.1 Å². The molecule has 0 aromatic heterocycles. The molecule has 0 fully saturated rings. The molecule has 0 aliphatic heterocycles. The van der Waals surface area contributed by atoms with Gasteiger partial charge in [0.25, 0.3) is 0 Å². The first-order valence-corrected chi connectivity index (χ1v) is 6.77. The number of anilines is 2. The van der Waals surface area contributed by atoms with Crippen LogP contribution in [0, 0.1) is 0 Å². The van der Waals surface area contributed by atoms with Crippen molar-refractivity contribution in [2.24, 2.45) is 5.73 Å². The van der Waals surface area contributed by atoms with Crippen molar-refractivity contribution in [2.45, 2.75) is 0 Å². The highest BCUT2D eigenvalue weighted by Crippen LogP contribution is 2.28. The Kier molecular flexibility index (Phi) is 4.22. The van der Waals surface area contributed by atoms with Gasteiger partial charge in [0, 0.05) is 21.4 Å². The first-order chi connectivity index (χ1) is 8.58. The van der Waals surface area contributed by atoms with Crippen molar-refractivity contribution in [3.05, 3.63) is 57.5 Å². The van der Waals surface area contributed by atoms with Gasteiger partial charge in [0.2, 0.25) is 0 Å². The van der Waals surface area contributed by atoms with Crippen LogP contribution in [-0.2, 0) is 0 Å². The zero-order chi connectivity index (χ0) is 13.1. The Labute approximate surface area is 124 Å². The minimum absolute atomic E-state index is 0.367. The molecule has 2 aromatic carbocycles. The highest BCUT2D eigenvalue weighted by Gasteiger charge is 2.05. The van der Waals surface area contributed by atoms with Crippen molar-refractivity contribution in [2.75, 3.05) is 5.32 Å². The SMILES string of the molecule is NC(=S)c1ccccc1Nc1ccc(Cl)c(Br)c1. The van der Waals surface area contributed by atoms with Crippen LogP contribution in [0.1, 0.15) is 5.56 Å². The second kappa shape index (κ2) is 5.69. The number of nitrogens with one attached hydrogen (secondary N) is 1. The van der Waals surface area contributed by atoms with Gasteiger partial charge in [0.1, 0.15) is 4.99 Å². The van der Waals surface area contributed by atoms with Gasteiger partial charge in [-0.15, -0.1) is 0 Å². The van der Waals surface area contributed by atoms with E-state index in [1.54, 1.807) is 0 Å². The predicted molar refractivity (Wildman–Crippen MR) is 84.8 cm³/mol. The van der Waals surface area contributed by atoms with E-state index in [9.17, 15) is 0 Å². The van der Waals surface area contributed by atoms with Crippen molar-refractivity contribution >= 4 is 56.1 Å². The van der Waals surface area contributed by atoms with Crippen LogP contribution < -0.4 is 11.1 Å². The normalized spacial score (nSPS) is 10.1. The number of hydrogen-bond donors (Lipinski definition) is 2. The molecule has 92 valence electrons. The predicted octanol–water partition coefficient (Wildman–Crippen LogP) is 4.48. The molecule has 3 N–H and O–H groups in total. The summed E-state index contributed by atoms with van der Waals surface area (Å²) in [6, 6.07) is 13.2. The molecule has 0 unspecified atom stereocenters. The molecule has 0 heterocycles. The Morgan fingerprint density at radius 2 is 1.94 bits per heavy atom. The van der Waals surface area contributed by atoms with Crippen LogP contribution in [-0.4, -0.2) is 4.99 Å². The maximum Gasteiger partial charge on any atom is 0.106 e. The molecule has 18 heavy (non-hydrogen) atoms. The van der Waals surface area contributed by atoms with Gasteiger partial charge in [0.05, 0.1) is 5.02 Å². The molecule has 2 aromatic rings. The summed E-state index contributed by atoms with van der Waals surface area (Å²) in [7, 11) is 0. The molecule has 2 rings (SSSR count). The molecule has 0 bridgehead atoms. The van der Waals surface area contributed by atoms with Gasteiger partial charge in [-0.3, -0.25) is 0 Å². The maximum absolute atomic E-state index is 5.95. The van der Waals surface area contributed by atoms with Crippen LogP contribution >= 0.6 is 39.7 Å². The second-order valence-electron chi connectivity index (χ2n) is 3.66. The van der Waals surface area contributed by atoms with Crippen molar-refractivity contribution in [3.63, 3.8) is 0 Å². The zero-order valence-corrected chi connectivity index (χ0v) is 12.4. The van der Waals surface area contributed by atoms with E-state index in [1.165, 1.54) is 0 Å². The molecule has 5 heteroatoms. The fraction of sp³-hybridized carbons (Fsp3) is 0. The number of thiocarbonyl (C=S) groups is 1.